The Hall–Kier alpha value is -3.26. The maximum Gasteiger partial charge on any atom is 0.271 e. The van der Waals surface area contributed by atoms with E-state index < -0.39 is 11.6 Å². The molecule has 1 fully saturated rings. The van der Waals surface area contributed by atoms with E-state index in [0.717, 1.165) is 11.6 Å². The van der Waals surface area contributed by atoms with Gasteiger partial charge in [-0.25, -0.2) is 8.78 Å². The van der Waals surface area contributed by atoms with Gasteiger partial charge in [0.2, 0.25) is 0 Å². The van der Waals surface area contributed by atoms with Crippen LogP contribution in [0.15, 0.2) is 48.5 Å². The van der Waals surface area contributed by atoms with Gasteiger partial charge in [0.1, 0.15) is 11.4 Å². The summed E-state index contributed by atoms with van der Waals surface area (Å²) < 4.78 is 32.5. The Bertz CT molecular complexity index is 1050. The van der Waals surface area contributed by atoms with Crippen LogP contribution >= 0.6 is 0 Å². The van der Waals surface area contributed by atoms with Gasteiger partial charge in [0.05, 0.1) is 12.8 Å². The molecule has 1 amide bonds. The molecule has 1 aliphatic rings. The molecule has 1 aromatic heterocycles. The maximum atomic E-state index is 13.9. The first-order valence-corrected chi connectivity index (χ1v) is 9.69. The fraction of sp³-hybridized carbons (Fsp3) is 0.273. The smallest absolute Gasteiger partial charge is 0.271 e. The molecular formula is C22H22F2N4O2. The Kier molecular flexibility index (Phi) is 5.76. The minimum Gasteiger partial charge on any atom is -0.497 e. The van der Waals surface area contributed by atoms with Crippen LogP contribution in [0.4, 0.5) is 8.78 Å². The zero-order valence-electron chi connectivity index (χ0n) is 16.6. The molecule has 0 atom stereocenters. The van der Waals surface area contributed by atoms with Crippen molar-refractivity contribution in [3.05, 3.63) is 71.4 Å². The number of carbonyl (C=O) groups is 1. The topological polar surface area (TPSA) is 61.5 Å². The van der Waals surface area contributed by atoms with Crippen LogP contribution in [-0.2, 0) is 6.54 Å². The molecule has 0 aliphatic carbocycles. The number of nitrogens with zero attached hydrogens (tertiary/aromatic N) is 3. The summed E-state index contributed by atoms with van der Waals surface area (Å²) in [6.45, 7) is 2.49. The number of benzene rings is 2. The Morgan fingerprint density at radius 3 is 2.63 bits per heavy atom. The number of carbonyl (C=O) groups excluding carboxylic acids is 1. The number of nitrogens with one attached hydrogen (secondary N) is 1. The summed E-state index contributed by atoms with van der Waals surface area (Å²) in [5, 5.41) is 7.07. The maximum absolute atomic E-state index is 13.9. The number of aromatic nitrogens is 2. The van der Waals surface area contributed by atoms with Crippen LogP contribution in [0.25, 0.3) is 11.3 Å². The monoisotopic (exact) mass is 412 g/mol. The third-order valence-electron chi connectivity index (χ3n) is 5.26. The Labute approximate surface area is 173 Å². The summed E-state index contributed by atoms with van der Waals surface area (Å²) in [5.74, 6) is -1.06. The molecule has 4 rings (SSSR count). The van der Waals surface area contributed by atoms with Crippen molar-refractivity contribution in [2.45, 2.75) is 6.54 Å². The molecular weight excluding hydrogens is 390 g/mol. The highest BCUT2D eigenvalue weighted by molar-refractivity contribution is 5.93. The van der Waals surface area contributed by atoms with E-state index in [1.165, 1.54) is 6.07 Å². The molecule has 0 saturated carbocycles. The summed E-state index contributed by atoms with van der Waals surface area (Å²) in [5.41, 5.74) is 2.26. The third kappa shape index (κ3) is 4.18. The van der Waals surface area contributed by atoms with Crippen LogP contribution in [0, 0.1) is 11.6 Å². The molecule has 6 nitrogen and oxygen atoms in total. The van der Waals surface area contributed by atoms with Crippen LogP contribution in [0.5, 0.6) is 5.75 Å². The zero-order valence-corrected chi connectivity index (χ0v) is 16.6. The number of rotatable bonds is 5. The van der Waals surface area contributed by atoms with Crippen LogP contribution in [0.1, 0.15) is 16.1 Å². The fourth-order valence-corrected chi connectivity index (χ4v) is 3.55. The van der Waals surface area contributed by atoms with Gasteiger partial charge in [-0.2, -0.15) is 5.10 Å². The highest BCUT2D eigenvalue weighted by atomic mass is 19.2. The zero-order chi connectivity index (χ0) is 21.1. The predicted octanol–water partition coefficient (Wildman–Crippen LogP) is 3.32. The highest BCUT2D eigenvalue weighted by Gasteiger charge is 2.24. The molecule has 0 radical (unpaired) electrons. The van der Waals surface area contributed by atoms with E-state index in [1.807, 2.05) is 29.2 Å². The van der Waals surface area contributed by atoms with E-state index >= 15 is 0 Å². The molecule has 156 valence electrons. The summed E-state index contributed by atoms with van der Waals surface area (Å²) in [4.78, 5) is 16.6. The van der Waals surface area contributed by atoms with E-state index in [1.54, 1.807) is 24.1 Å². The van der Waals surface area contributed by atoms with Gasteiger partial charge < -0.3 is 9.64 Å². The van der Waals surface area contributed by atoms with Crippen LogP contribution in [-0.4, -0.2) is 59.2 Å². The van der Waals surface area contributed by atoms with E-state index in [4.69, 9.17) is 4.74 Å². The quantitative estimate of drug-likeness (QED) is 0.699. The Morgan fingerprint density at radius 1 is 1.10 bits per heavy atom. The highest BCUT2D eigenvalue weighted by Crippen LogP contribution is 2.23. The van der Waals surface area contributed by atoms with E-state index in [9.17, 15) is 13.6 Å². The minimum atomic E-state index is -0.840. The van der Waals surface area contributed by atoms with Crippen molar-refractivity contribution in [2.24, 2.45) is 0 Å². The van der Waals surface area contributed by atoms with Gasteiger partial charge in [0, 0.05) is 43.9 Å². The van der Waals surface area contributed by atoms with Crippen molar-refractivity contribution in [3.8, 4) is 17.0 Å². The van der Waals surface area contributed by atoms with Gasteiger partial charge in [0.25, 0.3) is 5.91 Å². The Morgan fingerprint density at radius 2 is 1.87 bits per heavy atom. The van der Waals surface area contributed by atoms with Gasteiger partial charge >= 0.3 is 0 Å². The fourth-order valence-electron chi connectivity index (χ4n) is 3.55. The molecule has 1 N–H and O–H groups in total. The molecule has 1 aliphatic heterocycles. The Balaban J connectivity index is 1.37. The molecule has 8 heteroatoms. The normalized spacial score (nSPS) is 14.7. The second kappa shape index (κ2) is 8.62. The summed E-state index contributed by atoms with van der Waals surface area (Å²) in [6.07, 6.45) is 0. The number of amides is 1. The second-order valence-corrected chi connectivity index (χ2v) is 7.18. The molecule has 1 saturated heterocycles. The van der Waals surface area contributed by atoms with E-state index in [-0.39, 0.29) is 5.91 Å². The van der Waals surface area contributed by atoms with Crippen molar-refractivity contribution in [2.75, 3.05) is 33.3 Å². The van der Waals surface area contributed by atoms with Crippen molar-refractivity contribution in [3.63, 3.8) is 0 Å². The van der Waals surface area contributed by atoms with Crippen LogP contribution in [0.3, 0.4) is 0 Å². The summed E-state index contributed by atoms with van der Waals surface area (Å²) >= 11 is 0. The van der Waals surface area contributed by atoms with Crippen molar-refractivity contribution >= 4 is 5.91 Å². The number of H-pyrrole nitrogens is 1. The first kappa shape index (κ1) is 20.0. The number of halogens is 2. The van der Waals surface area contributed by atoms with E-state index in [0.29, 0.717) is 55.4 Å². The molecule has 0 unspecified atom stereocenters. The third-order valence-corrected chi connectivity index (χ3v) is 5.26. The van der Waals surface area contributed by atoms with Crippen molar-refractivity contribution in [1.29, 1.82) is 0 Å². The number of aromatic amines is 1. The lowest BCUT2D eigenvalue weighted by atomic mass is 10.1. The first-order valence-electron chi connectivity index (χ1n) is 9.69. The number of methoxy groups -OCH3 is 1. The van der Waals surface area contributed by atoms with Crippen LogP contribution in [0.2, 0.25) is 0 Å². The average molecular weight is 412 g/mol. The average Bonchev–Trinajstić information content (AvgIpc) is 3.27. The lowest BCUT2D eigenvalue weighted by Gasteiger charge is -2.34. The molecule has 3 aromatic rings. The van der Waals surface area contributed by atoms with Crippen molar-refractivity contribution in [1.82, 2.24) is 20.0 Å². The number of ether oxygens (including phenoxy) is 1. The van der Waals surface area contributed by atoms with Gasteiger partial charge in [-0.15, -0.1) is 0 Å². The van der Waals surface area contributed by atoms with Crippen LogP contribution < -0.4 is 4.74 Å². The summed E-state index contributed by atoms with van der Waals surface area (Å²) in [6, 6.07) is 13.4. The van der Waals surface area contributed by atoms with Gasteiger partial charge in [-0.3, -0.25) is 14.8 Å². The standard InChI is InChI=1S/C22H22F2N4O2/c1-30-17-6-2-4-15(12-17)19-13-20(26-25-19)22(29)28-10-8-27(9-11-28)14-16-5-3-7-18(23)21(16)24/h2-7,12-13H,8-11,14H2,1H3,(H,25,26). The van der Waals surface area contributed by atoms with Gasteiger partial charge in [0.15, 0.2) is 11.6 Å². The molecule has 0 bridgehead atoms. The largest absolute Gasteiger partial charge is 0.497 e. The van der Waals surface area contributed by atoms with Gasteiger partial charge in [-0.1, -0.05) is 24.3 Å². The number of piperazine rings is 1. The molecule has 30 heavy (non-hydrogen) atoms. The number of hydrogen-bond donors (Lipinski definition) is 1. The van der Waals surface area contributed by atoms with E-state index in [2.05, 4.69) is 10.2 Å². The second-order valence-electron chi connectivity index (χ2n) is 7.18. The van der Waals surface area contributed by atoms with Crippen molar-refractivity contribution < 1.29 is 18.3 Å². The van der Waals surface area contributed by atoms with Gasteiger partial charge in [-0.05, 0) is 24.3 Å². The molecule has 2 heterocycles. The lowest BCUT2D eigenvalue weighted by molar-refractivity contribution is 0.0621. The SMILES string of the molecule is COc1cccc(-c2cc(C(=O)N3CCN(Cc4cccc(F)c4F)CC3)[nH]n2)c1. The minimum absolute atomic E-state index is 0.131. The number of hydrogen-bond acceptors (Lipinski definition) is 4. The lowest BCUT2D eigenvalue weighted by Crippen LogP contribution is -2.48. The molecule has 0 spiro atoms. The summed E-state index contributed by atoms with van der Waals surface area (Å²) in [7, 11) is 1.60. The first-order chi connectivity index (χ1) is 14.5. The predicted molar refractivity (Wildman–Crippen MR) is 108 cm³/mol. The molecule has 2 aromatic carbocycles.